The number of benzene rings is 1. The van der Waals surface area contributed by atoms with E-state index in [1.54, 1.807) is 32.9 Å². The monoisotopic (exact) mass is 365 g/mol. The Labute approximate surface area is 147 Å². The molecule has 0 saturated heterocycles. The Hall–Kier alpha value is -2.19. The molecule has 1 aromatic carbocycles. The van der Waals surface area contributed by atoms with E-state index in [9.17, 15) is 13.2 Å². The fourth-order valence-corrected chi connectivity index (χ4v) is 3.32. The molecule has 0 fully saturated rings. The first kappa shape index (κ1) is 19.1. The summed E-state index contributed by atoms with van der Waals surface area (Å²) in [6.45, 7) is 7.05. The second-order valence-corrected chi connectivity index (χ2v) is 8.52. The van der Waals surface area contributed by atoms with E-state index < -0.39 is 27.6 Å². The first-order valence-electron chi connectivity index (χ1n) is 7.86. The van der Waals surface area contributed by atoms with Crippen LogP contribution in [-0.4, -0.2) is 36.0 Å². The van der Waals surface area contributed by atoms with Gasteiger partial charge in [0.1, 0.15) is 11.6 Å². The maximum atomic E-state index is 12.6. The zero-order valence-corrected chi connectivity index (χ0v) is 15.6. The summed E-state index contributed by atoms with van der Waals surface area (Å²) >= 11 is 0. The van der Waals surface area contributed by atoms with E-state index in [1.807, 2.05) is 6.92 Å². The average molecular weight is 365 g/mol. The number of hydrogen-bond acceptors (Lipinski definition) is 5. The van der Waals surface area contributed by atoms with Crippen LogP contribution in [0.1, 0.15) is 32.0 Å². The number of ether oxygens (including phenoxy) is 1. The zero-order valence-electron chi connectivity index (χ0n) is 14.7. The van der Waals surface area contributed by atoms with Crippen LogP contribution in [0.3, 0.4) is 0 Å². The van der Waals surface area contributed by atoms with Crippen molar-refractivity contribution in [3.8, 4) is 0 Å². The molecule has 2 aromatic rings. The summed E-state index contributed by atoms with van der Waals surface area (Å²) in [5.74, 6) is -0.641. The van der Waals surface area contributed by atoms with E-state index in [0.717, 1.165) is 5.56 Å². The number of aryl methyl sites for hydroxylation is 1. The molecule has 1 atom stereocenters. The summed E-state index contributed by atoms with van der Waals surface area (Å²) in [7, 11) is -3.87. The predicted molar refractivity (Wildman–Crippen MR) is 93.4 cm³/mol. The Bertz CT molecular complexity index is 807. The summed E-state index contributed by atoms with van der Waals surface area (Å²) < 4.78 is 33.0. The Morgan fingerprint density at radius 3 is 2.44 bits per heavy atom. The fraction of sp³-hybridized carbons (Fsp3) is 0.412. The van der Waals surface area contributed by atoms with Crippen LogP contribution in [0.5, 0.6) is 0 Å². The average Bonchev–Trinajstić information content (AvgIpc) is 2.98. The van der Waals surface area contributed by atoms with E-state index in [4.69, 9.17) is 4.74 Å². The molecule has 1 aromatic heterocycles. The molecule has 1 heterocycles. The van der Waals surface area contributed by atoms with Gasteiger partial charge in [-0.25, -0.2) is 13.4 Å². The van der Waals surface area contributed by atoms with E-state index >= 15 is 0 Å². The lowest BCUT2D eigenvalue weighted by molar-refractivity contribution is -0.156. The number of rotatable bonds is 6. The lowest BCUT2D eigenvalue weighted by Gasteiger charge is -2.24. The predicted octanol–water partition coefficient (Wildman–Crippen LogP) is 1.95. The van der Waals surface area contributed by atoms with E-state index in [0.29, 0.717) is 5.69 Å². The third-order valence-corrected chi connectivity index (χ3v) is 4.79. The van der Waals surface area contributed by atoms with E-state index in [2.05, 4.69) is 14.7 Å². The number of aromatic amines is 1. The maximum Gasteiger partial charge on any atom is 0.325 e. The number of nitrogens with zero attached hydrogens (tertiary/aromatic N) is 1. The minimum absolute atomic E-state index is 0.0938. The van der Waals surface area contributed by atoms with Crippen LogP contribution in [0.4, 0.5) is 0 Å². The van der Waals surface area contributed by atoms with Crippen molar-refractivity contribution in [1.82, 2.24) is 14.7 Å². The van der Waals surface area contributed by atoms with Crippen LogP contribution in [0.25, 0.3) is 0 Å². The SMILES string of the molecule is Cc1ccc(S(=O)(=O)N[C@@H](Cc2cnc[nH]2)C(=O)OC(C)(C)C)cc1. The van der Waals surface area contributed by atoms with Gasteiger partial charge in [0.25, 0.3) is 0 Å². The third-order valence-electron chi connectivity index (χ3n) is 3.30. The molecule has 0 saturated carbocycles. The Kier molecular flexibility index (Phi) is 5.64. The molecule has 0 radical (unpaired) electrons. The van der Waals surface area contributed by atoms with Gasteiger partial charge in [0, 0.05) is 18.3 Å². The number of sulfonamides is 1. The topological polar surface area (TPSA) is 101 Å². The van der Waals surface area contributed by atoms with Crippen molar-refractivity contribution < 1.29 is 17.9 Å². The minimum Gasteiger partial charge on any atom is -0.459 e. The van der Waals surface area contributed by atoms with Gasteiger partial charge in [-0.15, -0.1) is 0 Å². The minimum atomic E-state index is -3.87. The Morgan fingerprint density at radius 1 is 1.28 bits per heavy atom. The summed E-state index contributed by atoms with van der Waals surface area (Å²) in [4.78, 5) is 19.3. The molecular formula is C17H23N3O4S. The second kappa shape index (κ2) is 7.37. The fourth-order valence-electron chi connectivity index (χ4n) is 2.13. The summed E-state index contributed by atoms with van der Waals surface area (Å²) in [6.07, 6.45) is 3.12. The second-order valence-electron chi connectivity index (χ2n) is 6.80. The van der Waals surface area contributed by atoms with Crippen LogP contribution < -0.4 is 4.72 Å². The molecule has 0 aliphatic carbocycles. The van der Waals surface area contributed by atoms with Gasteiger partial charge >= 0.3 is 5.97 Å². The summed E-state index contributed by atoms with van der Waals surface area (Å²) in [5, 5.41) is 0. The highest BCUT2D eigenvalue weighted by Crippen LogP contribution is 2.15. The number of H-pyrrole nitrogens is 1. The molecule has 7 nitrogen and oxygen atoms in total. The molecular weight excluding hydrogens is 342 g/mol. The number of carbonyl (C=O) groups excluding carboxylic acids is 1. The molecule has 2 rings (SSSR count). The first-order valence-corrected chi connectivity index (χ1v) is 9.34. The van der Waals surface area contributed by atoms with Crippen LogP contribution >= 0.6 is 0 Å². The lowest BCUT2D eigenvalue weighted by Crippen LogP contribution is -2.45. The first-order chi connectivity index (χ1) is 11.6. The quantitative estimate of drug-likeness (QED) is 0.762. The molecule has 0 amide bonds. The van der Waals surface area contributed by atoms with Gasteiger partial charge in [0.05, 0.1) is 11.2 Å². The largest absolute Gasteiger partial charge is 0.459 e. The van der Waals surface area contributed by atoms with Crippen LogP contribution in [0.15, 0.2) is 41.7 Å². The Morgan fingerprint density at radius 2 is 1.92 bits per heavy atom. The highest BCUT2D eigenvalue weighted by Gasteiger charge is 2.30. The van der Waals surface area contributed by atoms with Gasteiger partial charge in [-0.2, -0.15) is 4.72 Å². The van der Waals surface area contributed by atoms with Crippen LogP contribution in [-0.2, 0) is 26.0 Å². The summed E-state index contributed by atoms with van der Waals surface area (Å²) in [5.41, 5.74) is 0.848. The van der Waals surface area contributed by atoms with Gasteiger partial charge < -0.3 is 9.72 Å². The van der Waals surface area contributed by atoms with Gasteiger partial charge in [-0.1, -0.05) is 17.7 Å². The van der Waals surface area contributed by atoms with Crippen LogP contribution in [0, 0.1) is 6.92 Å². The lowest BCUT2D eigenvalue weighted by atomic mass is 10.1. The number of hydrogen-bond donors (Lipinski definition) is 2. The summed E-state index contributed by atoms with van der Waals surface area (Å²) in [6, 6.07) is 5.34. The molecule has 0 unspecified atom stereocenters. The number of imidazole rings is 1. The Balaban J connectivity index is 2.25. The number of esters is 1. The van der Waals surface area contributed by atoms with Crippen molar-refractivity contribution in [2.24, 2.45) is 0 Å². The molecule has 0 aliphatic rings. The van der Waals surface area contributed by atoms with Gasteiger partial charge in [0.15, 0.2) is 0 Å². The van der Waals surface area contributed by atoms with Crippen molar-refractivity contribution in [1.29, 1.82) is 0 Å². The molecule has 136 valence electrons. The maximum absolute atomic E-state index is 12.6. The van der Waals surface area contributed by atoms with Gasteiger partial charge in [-0.3, -0.25) is 4.79 Å². The highest BCUT2D eigenvalue weighted by atomic mass is 32.2. The van der Waals surface area contributed by atoms with Crippen molar-refractivity contribution >= 4 is 16.0 Å². The molecule has 2 N–H and O–H groups in total. The smallest absolute Gasteiger partial charge is 0.325 e. The molecule has 8 heteroatoms. The van der Waals surface area contributed by atoms with Crippen molar-refractivity contribution in [3.63, 3.8) is 0 Å². The third kappa shape index (κ3) is 5.68. The number of aromatic nitrogens is 2. The van der Waals surface area contributed by atoms with Gasteiger partial charge in [0.2, 0.25) is 10.0 Å². The zero-order chi connectivity index (χ0) is 18.7. The number of carbonyl (C=O) groups is 1. The molecule has 0 aliphatic heterocycles. The van der Waals surface area contributed by atoms with E-state index in [-0.39, 0.29) is 11.3 Å². The molecule has 0 bridgehead atoms. The van der Waals surface area contributed by atoms with Crippen molar-refractivity contribution in [2.75, 3.05) is 0 Å². The standard InChI is InChI=1S/C17H23N3O4S/c1-12-5-7-14(8-6-12)25(22,23)20-15(9-13-10-18-11-19-13)16(21)24-17(2,3)4/h5-8,10-11,15,20H,9H2,1-4H3,(H,18,19)/t15-/m0/s1. The van der Waals surface area contributed by atoms with Gasteiger partial charge in [-0.05, 0) is 39.8 Å². The van der Waals surface area contributed by atoms with Crippen molar-refractivity contribution in [3.05, 3.63) is 48.0 Å². The van der Waals surface area contributed by atoms with Crippen molar-refractivity contribution in [2.45, 2.75) is 50.7 Å². The highest BCUT2D eigenvalue weighted by molar-refractivity contribution is 7.89. The van der Waals surface area contributed by atoms with Crippen LogP contribution in [0.2, 0.25) is 0 Å². The number of nitrogens with one attached hydrogen (secondary N) is 2. The molecule has 25 heavy (non-hydrogen) atoms. The molecule has 0 spiro atoms. The van der Waals surface area contributed by atoms with E-state index in [1.165, 1.54) is 24.7 Å². The normalized spacial score (nSPS) is 13.4.